The van der Waals surface area contributed by atoms with Gasteiger partial charge in [-0.3, -0.25) is 24.1 Å². The van der Waals surface area contributed by atoms with E-state index in [9.17, 15) is 38.0 Å². The van der Waals surface area contributed by atoms with Crippen LogP contribution in [0.4, 0.5) is 0 Å². The van der Waals surface area contributed by atoms with Gasteiger partial charge in [-0.05, 0) is 56.6 Å². The summed E-state index contributed by atoms with van der Waals surface area (Å²) in [7, 11) is -1.19. The first-order valence-electron chi connectivity index (χ1n) is 12.0. The zero-order valence-electron chi connectivity index (χ0n) is 20.5. The van der Waals surface area contributed by atoms with Crippen molar-refractivity contribution in [2.45, 2.75) is 29.4 Å². The molecule has 2 saturated carbocycles. The molecule has 0 aromatic heterocycles. The number of hydrogen-bond donors (Lipinski definition) is 1. The van der Waals surface area contributed by atoms with Gasteiger partial charge in [-0.1, -0.05) is 30.3 Å². The first-order valence-corrected chi connectivity index (χ1v) is 13.4. The van der Waals surface area contributed by atoms with Crippen molar-refractivity contribution in [2.24, 2.45) is 23.7 Å². The molecule has 0 bridgehead atoms. The topological polar surface area (TPSA) is 159 Å². The first kappa shape index (κ1) is 25.9. The molecule has 0 amide bonds. The summed E-state index contributed by atoms with van der Waals surface area (Å²) >= 11 is 0. The number of carbonyl (C=O) groups excluding carboxylic acids is 4. The summed E-state index contributed by atoms with van der Waals surface area (Å²) in [4.78, 5) is 55.1. The Labute approximate surface area is 218 Å². The molecule has 6 atom stereocenters. The van der Waals surface area contributed by atoms with E-state index in [1.807, 2.05) is 0 Å². The molecule has 0 aliphatic heterocycles. The third-order valence-electron chi connectivity index (χ3n) is 7.86. The second kappa shape index (κ2) is 8.94. The lowest BCUT2D eigenvalue weighted by atomic mass is 9.52. The second-order valence-electron chi connectivity index (χ2n) is 10.2. The molecule has 0 radical (unpaired) electrons. The molecule has 38 heavy (non-hydrogen) atoms. The molecular weight excluding hydrogens is 512 g/mol. The van der Waals surface area contributed by atoms with E-state index >= 15 is 0 Å². The van der Waals surface area contributed by atoms with E-state index in [0.29, 0.717) is 5.56 Å². The molecule has 0 spiro atoms. The van der Waals surface area contributed by atoms with Gasteiger partial charge in [0.25, 0.3) is 0 Å². The summed E-state index contributed by atoms with van der Waals surface area (Å²) in [5.74, 6) is -9.09. The fourth-order valence-corrected chi connectivity index (χ4v) is 7.17. The highest BCUT2D eigenvalue weighted by molar-refractivity contribution is 7.87. The molecule has 0 saturated heterocycles. The molecule has 2 aromatic rings. The van der Waals surface area contributed by atoms with Gasteiger partial charge in [0, 0.05) is 5.92 Å². The zero-order chi connectivity index (χ0) is 27.6. The molecule has 1 N–H and O–H groups in total. The van der Waals surface area contributed by atoms with Gasteiger partial charge in [-0.2, -0.15) is 13.7 Å². The average molecular weight is 537 g/mol. The molecule has 196 valence electrons. The molecule has 11 heteroatoms. The van der Waals surface area contributed by atoms with Crippen molar-refractivity contribution < 1.29 is 36.9 Å². The molecule has 5 rings (SSSR count). The number of Topliss-reactive ketones (excluding diaryl/α,β-unsaturated/α-hetero) is 4. The summed E-state index contributed by atoms with van der Waals surface area (Å²) in [6.07, 6.45) is 0.167. The number of hydrogen-bond acceptors (Lipinski definition) is 10. The van der Waals surface area contributed by atoms with Crippen LogP contribution in [-0.4, -0.2) is 67.3 Å². The molecule has 4 unspecified atom stereocenters. The Bertz CT molecular complexity index is 1530. The first-order chi connectivity index (χ1) is 17.9. The lowest BCUT2D eigenvalue weighted by molar-refractivity contribution is -0.179. The molecule has 2 fully saturated rings. The number of rotatable bonds is 4. The predicted molar refractivity (Wildman–Crippen MR) is 130 cm³/mol. The Kier molecular flexibility index (Phi) is 6.10. The second-order valence-corrected chi connectivity index (χ2v) is 11.7. The molecule has 0 heterocycles. The SMILES string of the molecule is CN(C)C1C(=O)C(C#N)C(=O)C2(O)C(=O)C3C(=O)c4c(cccc4OS(=O)(=O)c4ccccc4)C[C@H]3C[C@@H]12. The van der Waals surface area contributed by atoms with Gasteiger partial charge >= 0.3 is 10.1 Å². The number of nitriles is 1. The summed E-state index contributed by atoms with van der Waals surface area (Å²) < 4.78 is 31.1. The van der Waals surface area contributed by atoms with Crippen molar-refractivity contribution in [3.63, 3.8) is 0 Å². The minimum absolute atomic E-state index is 0.00393. The molecule has 3 aliphatic carbocycles. The van der Waals surface area contributed by atoms with Crippen molar-refractivity contribution >= 4 is 33.3 Å². The Morgan fingerprint density at radius 2 is 1.71 bits per heavy atom. The van der Waals surface area contributed by atoms with Crippen molar-refractivity contribution in [1.29, 1.82) is 5.26 Å². The maximum absolute atomic E-state index is 13.8. The van der Waals surface area contributed by atoms with Crippen molar-refractivity contribution in [3.8, 4) is 11.8 Å². The van der Waals surface area contributed by atoms with Crippen molar-refractivity contribution in [2.75, 3.05) is 14.1 Å². The summed E-state index contributed by atoms with van der Waals surface area (Å²) in [6.45, 7) is 0. The highest BCUT2D eigenvalue weighted by Gasteiger charge is 2.68. The Morgan fingerprint density at radius 1 is 1.03 bits per heavy atom. The van der Waals surface area contributed by atoms with E-state index in [2.05, 4.69) is 0 Å². The Balaban J connectivity index is 1.58. The predicted octanol–water partition coefficient (Wildman–Crippen LogP) is 0.967. The molecule has 3 aliphatic rings. The van der Waals surface area contributed by atoms with Gasteiger partial charge in [0.05, 0.1) is 23.6 Å². The van der Waals surface area contributed by atoms with Crippen LogP contribution in [0.3, 0.4) is 0 Å². The lowest BCUT2D eigenvalue weighted by Gasteiger charge is -2.52. The minimum Gasteiger partial charge on any atom is -0.378 e. The highest BCUT2D eigenvalue weighted by Crippen LogP contribution is 2.50. The number of fused-ring (bicyclic) bond motifs is 3. The summed E-state index contributed by atoms with van der Waals surface area (Å²) in [6, 6.07) is 12.4. The largest absolute Gasteiger partial charge is 0.378 e. The van der Waals surface area contributed by atoms with Crippen LogP contribution in [0.1, 0.15) is 22.3 Å². The van der Waals surface area contributed by atoms with E-state index in [4.69, 9.17) is 4.18 Å². The fraction of sp³-hybridized carbons (Fsp3) is 0.370. The van der Waals surface area contributed by atoms with E-state index in [1.165, 1.54) is 41.3 Å². The van der Waals surface area contributed by atoms with Gasteiger partial charge in [-0.25, -0.2) is 0 Å². The number of benzene rings is 2. The van der Waals surface area contributed by atoms with E-state index in [0.717, 1.165) is 0 Å². The lowest BCUT2D eigenvalue weighted by Crippen LogP contribution is -2.72. The van der Waals surface area contributed by atoms with Crippen LogP contribution in [0.5, 0.6) is 5.75 Å². The quantitative estimate of drug-likeness (QED) is 0.441. The number of aliphatic hydroxyl groups is 1. The van der Waals surface area contributed by atoms with Crippen LogP contribution in [-0.2, 0) is 30.9 Å². The van der Waals surface area contributed by atoms with Crippen LogP contribution in [0.2, 0.25) is 0 Å². The molecular formula is C27H24N2O8S. The Hall–Kier alpha value is -3.72. The zero-order valence-corrected chi connectivity index (χ0v) is 21.3. The maximum atomic E-state index is 13.8. The third-order valence-corrected chi connectivity index (χ3v) is 9.11. The maximum Gasteiger partial charge on any atom is 0.339 e. The number of carbonyl (C=O) groups is 4. The van der Waals surface area contributed by atoms with Gasteiger partial charge in [0.2, 0.25) is 0 Å². The Morgan fingerprint density at radius 3 is 2.34 bits per heavy atom. The fourth-order valence-electron chi connectivity index (χ4n) is 6.20. The minimum atomic E-state index is -4.31. The standard InChI is InChI=1S/C27H24N2O8S/c1-29(2)22-18-12-15-11-14-7-6-10-19(37-38(35,36)16-8-4-3-5-9-16)20(14)24(31)21(15)26(33)27(18,34)25(32)17(13-28)23(22)30/h3-10,15,17-18,21-22,34H,11-12H2,1-2H3/t15-,17?,18-,21?,22?,27?/m0/s1. The van der Waals surface area contributed by atoms with E-state index in [-0.39, 0.29) is 29.1 Å². The number of likely N-dealkylation sites (N-methyl/N-ethyl adjacent to an activating group) is 1. The smallest absolute Gasteiger partial charge is 0.339 e. The van der Waals surface area contributed by atoms with Crippen molar-refractivity contribution in [1.82, 2.24) is 4.90 Å². The average Bonchev–Trinajstić information content (AvgIpc) is 2.87. The monoisotopic (exact) mass is 536 g/mol. The van der Waals surface area contributed by atoms with Crippen LogP contribution >= 0.6 is 0 Å². The molecule has 2 aromatic carbocycles. The normalized spacial score (nSPS) is 30.8. The number of ketones is 4. The van der Waals surface area contributed by atoms with Gasteiger partial charge < -0.3 is 9.29 Å². The van der Waals surface area contributed by atoms with E-state index in [1.54, 1.807) is 32.3 Å². The van der Waals surface area contributed by atoms with Crippen LogP contribution in [0.25, 0.3) is 0 Å². The van der Waals surface area contributed by atoms with Crippen LogP contribution in [0, 0.1) is 35.0 Å². The van der Waals surface area contributed by atoms with Crippen molar-refractivity contribution in [3.05, 3.63) is 59.7 Å². The summed E-state index contributed by atoms with van der Waals surface area (Å²) in [5.41, 5.74) is -2.35. The van der Waals surface area contributed by atoms with Crippen LogP contribution in [0.15, 0.2) is 53.4 Å². The van der Waals surface area contributed by atoms with Crippen LogP contribution < -0.4 is 4.18 Å². The molecule has 10 nitrogen and oxygen atoms in total. The van der Waals surface area contributed by atoms with Gasteiger partial charge in [-0.15, -0.1) is 0 Å². The highest BCUT2D eigenvalue weighted by atomic mass is 32.2. The van der Waals surface area contributed by atoms with E-state index < -0.39 is 68.6 Å². The number of nitrogens with zero attached hydrogens (tertiary/aromatic N) is 2. The summed E-state index contributed by atoms with van der Waals surface area (Å²) in [5, 5.41) is 21.1. The van der Waals surface area contributed by atoms with Gasteiger partial charge in [0.1, 0.15) is 4.90 Å². The van der Waals surface area contributed by atoms with Gasteiger partial charge in [0.15, 0.2) is 40.4 Å². The third kappa shape index (κ3) is 3.63.